The monoisotopic (exact) mass is 424 g/mol. The van der Waals surface area contributed by atoms with Gasteiger partial charge in [-0.3, -0.25) is 14.2 Å². The Morgan fingerprint density at radius 2 is 1.83 bits per heavy atom. The van der Waals surface area contributed by atoms with Crippen molar-refractivity contribution >= 4 is 17.1 Å². The van der Waals surface area contributed by atoms with Crippen molar-refractivity contribution in [1.29, 1.82) is 0 Å². The number of hydrogen-bond donors (Lipinski definition) is 0. The van der Waals surface area contributed by atoms with Gasteiger partial charge in [0.1, 0.15) is 16.5 Å². The molecule has 7 heteroatoms. The third kappa shape index (κ3) is 3.43. The highest BCUT2D eigenvalue weighted by molar-refractivity contribution is 7.13. The molecule has 4 rings (SSSR count). The Labute approximate surface area is 179 Å². The summed E-state index contributed by atoms with van der Waals surface area (Å²) in [6, 6.07) is 7.03. The standard InChI is InChI=1S/C23H24N2O4S/c1-13-12-30-21(24-13)16-9-15-18(10-23(2,3)11-19(15)26)25(22(16)27)17-8-14(28-4)6-7-20(17)29-5/h6-9,12H,10-11H2,1-5H3. The molecule has 0 atom stereocenters. The molecule has 1 aromatic carbocycles. The van der Waals surface area contributed by atoms with E-state index in [0.29, 0.717) is 51.9 Å². The van der Waals surface area contributed by atoms with Crippen LogP contribution in [0, 0.1) is 12.3 Å². The number of aryl methyl sites for hydroxylation is 1. The zero-order valence-electron chi connectivity index (χ0n) is 17.7. The number of hydrogen-bond acceptors (Lipinski definition) is 6. The minimum absolute atomic E-state index is 0.0337. The molecule has 0 unspecified atom stereocenters. The number of methoxy groups -OCH3 is 2. The number of thiazole rings is 1. The molecule has 1 aliphatic carbocycles. The molecule has 0 saturated heterocycles. The maximum Gasteiger partial charge on any atom is 0.265 e. The molecule has 1 aliphatic rings. The molecule has 2 heterocycles. The molecule has 0 radical (unpaired) electrons. The molecule has 0 bridgehead atoms. The van der Waals surface area contributed by atoms with E-state index in [1.807, 2.05) is 26.2 Å². The quantitative estimate of drug-likeness (QED) is 0.619. The highest BCUT2D eigenvalue weighted by Crippen LogP contribution is 2.38. The number of fused-ring (bicyclic) bond motifs is 1. The fourth-order valence-electron chi connectivity index (χ4n) is 3.97. The van der Waals surface area contributed by atoms with Gasteiger partial charge in [0.05, 0.1) is 25.5 Å². The smallest absolute Gasteiger partial charge is 0.265 e. The zero-order valence-corrected chi connectivity index (χ0v) is 18.6. The lowest BCUT2D eigenvalue weighted by atomic mass is 9.75. The van der Waals surface area contributed by atoms with Crippen LogP contribution < -0.4 is 15.0 Å². The third-order valence-corrected chi connectivity index (χ3v) is 6.36. The first-order chi connectivity index (χ1) is 14.2. The Balaban J connectivity index is 2.10. The normalized spacial score (nSPS) is 15.0. The Morgan fingerprint density at radius 1 is 1.07 bits per heavy atom. The van der Waals surface area contributed by atoms with Crippen LogP contribution in [0.3, 0.4) is 0 Å². The fraction of sp³-hybridized carbons (Fsp3) is 0.348. The molecule has 0 aliphatic heterocycles. The minimum atomic E-state index is -0.246. The summed E-state index contributed by atoms with van der Waals surface area (Å²) in [5.74, 6) is 1.16. The second kappa shape index (κ2) is 7.40. The van der Waals surface area contributed by atoms with Gasteiger partial charge in [-0.25, -0.2) is 4.98 Å². The number of ketones is 1. The SMILES string of the molecule is COc1ccc(OC)c(-n2c3c(cc(-c4nc(C)cs4)c2=O)C(=O)CC(C)(C)C3)c1. The summed E-state index contributed by atoms with van der Waals surface area (Å²) >= 11 is 1.40. The molecular formula is C23H24N2O4S. The lowest BCUT2D eigenvalue weighted by Gasteiger charge is -2.32. The van der Waals surface area contributed by atoms with Gasteiger partial charge in [-0.1, -0.05) is 13.8 Å². The van der Waals surface area contributed by atoms with Crippen LogP contribution >= 0.6 is 11.3 Å². The number of nitrogens with zero attached hydrogens (tertiary/aromatic N) is 2. The average Bonchev–Trinajstić information content (AvgIpc) is 3.12. The predicted molar refractivity (Wildman–Crippen MR) is 117 cm³/mol. The van der Waals surface area contributed by atoms with Crippen molar-refractivity contribution in [3.63, 3.8) is 0 Å². The van der Waals surface area contributed by atoms with Crippen molar-refractivity contribution in [3.05, 3.63) is 57.0 Å². The summed E-state index contributed by atoms with van der Waals surface area (Å²) in [5, 5.41) is 2.50. The average molecular weight is 425 g/mol. The molecule has 2 aromatic heterocycles. The zero-order chi connectivity index (χ0) is 21.6. The van der Waals surface area contributed by atoms with Crippen molar-refractivity contribution in [1.82, 2.24) is 9.55 Å². The van der Waals surface area contributed by atoms with Gasteiger partial charge in [-0.05, 0) is 37.0 Å². The summed E-state index contributed by atoms with van der Waals surface area (Å²) < 4.78 is 12.6. The van der Waals surface area contributed by atoms with E-state index < -0.39 is 0 Å². The maximum absolute atomic E-state index is 13.8. The third-order valence-electron chi connectivity index (χ3n) is 5.36. The summed E-state index contributed by atoms with van der Waals surface area (Å²) in [7, 11) is 3.14. The number of ether oxygens (including phenoxy) is 2. The molecule has 156 valence electrons. The van der Waals surface area contributed by atoms with Gasteiger partial charge < -0.3 is 9.47 Å². The van der Waals surface area contributed by atoms with E-state index in [-0.39, 0.29) is 16.8 Å². The van der Waals surface area contributed by atoms with Crippen molar-refractivity contribution in [3.8, 4) is 27.8 Å². The van der Waals surface area contributed by atoms with E-state index in [0.717, 1.165) is 5.69 Å². The highest BCUT2D eigenvalue weighted by Gasteiger charge is 2.35. The Morgan fingerprint density at radius 3 is 2.47 bits per heavy atom. The second-order valence-electron chi connectivity index (χ2n) is 8.33. The first-order valence-corrected chi connectivity index (χ1v) is 10.6. The van der Waals surface area contributed by atoms with Crippen molar-refractivity contribution in [2.75, 3.05) is 14.2 Å². The molecular weight excluding hydrogens is 400 g/mol. The first-order valence-electron chi connectivity index (χ1n) is 9.71. The number of Topliss-reactive ketones (excluding diaryl/α,β-unsaturated/α-hetero) is 1. The van der Waals surface area contributed by atoms with Gasteiger partial charge in [0.25, 0.3) is 5.56 Å². The molecule has 0 saturated carbocycles. The molecule has 0 N–H and O–H groups in total. The molecule has 30 heavy (non-hydrogen) atoms. The van der Waals surface area contributed by atoms with E-state index in [4.69, 9.17) is 9.47 Å². The summed E-state index contributed by atoms with van der Waals surface area (Å²) in [6.07, 6.45) is 1.03. The molecule has 0 fully saturated rings. The molecule has 0 spiro atoms. The van der Waals surface area contributed by atoms with Crippen molar-refractivity contribution < 1.29 is 14.3 Å². The summed E-state index contributed by atoms with van der Waals surface area (Å²) in [6.45, 7) is 5.98. The summed E-state index contributed by atoms with van der Waals surface area (Å²) in [5.41, 5.74) is 2.61. The lowest BCUT2D eigenvalue weighted by molar-refractivity contribution is 0.0909. The van der Waals surface area contributed by atoms with Gasteiger partial charge in [-0.2, -0.15) is 0 Å². The summed E-state index contributed by atoms with van der Waals surface area (Å²) in [4.78, 5) is 31.3. The Kier molecular flexibility index (Phi) is 5.02. The number of benzene rings is 1. The van der Waals surface area contributed by atoms with Gasteiger partial charge in [-0.15, -0.1) is 11.3 Å². The van der Waals surface area contributed by atoms with Crippen LogP contribution in [-0.2, 0) is 6.42 Å². The van der Waals surface area contributed by atoms with Crippen LogP contribution in [0.25, 0.3) is 16.3 Å². The molecule has 6 nitrogen and oxygen atoms in total. The van der Waals surface area contributed by atoms with Crippen LogP contribution in [0.5, 0.6) is 11.5 Å². The highest BCUT2D eigenvalue weighted by atomic mass is 32.1. The minimum Gasteiger partial charge on any atom is -0.497 e. The van der Waals surface area contributed by atoms with Crippen LogP contribution in [0.1, 0.15) is 42.0 Å². The Hall–Kier alpha value is -2.93. The second-order valence-corrected chi connectivity index (χ2v) is 9.19. The number of pyridine rings is 1. The van der Waals surface area contributed by atoms with Gasteiger partial charge in [0.2, 0.25) is 0 Å². The van der Waals surface area contributed by atoms with Crippen molar-refractivity contribution in [2.45, 2.75) is 33.6 Å². The van der Waals surface area contributed by atoms with Crippen LogP contribution in [0.2, 0.25) is 0 Å². The lowest BCUT2D eigenvalue weighted by Crippen LogP contribution is -2.35. The largest absolute Gasteiger partial charge is 0.497 e. The van der Waals surface area contributed by atoms with E-state index in [2.05, 4.69) is 4.98 Å². The van der Waals surface area contributed by atoms with Crippen molar-refractivity contribution in [2.24, 2.45) is 5.41 Å². The van der Waals surface area contributed by atoms with Gasteiger partial charge >= 0.3 is 0 Å². The number of rotatable bonds is 4. The van der Waals surface area contributed by atoms with Crippen LogP contribution in [0.4, 0.5) is 0 Å². The van der Waals surface area contributed by atoms with E-state index in [9.17, 15) is 9.59 Å². The van der Waals surface area contributed by atoms with E-state index in [1.165, 1.54) is 11.3 Å². The number of carbonyl (C=O) groups is 1. The first kappa shape index (κ1) is 20.3. The van der Waals surface area contributed by atoms with E-state index >= 15 is 0 Å². The number of carbonyl (C=O) groups excluding carboxylic acids is 1. The predicted octanol–water partition coefficient (Wildman–Crippen LogP) is 4.44. The topological polar surface area (TPSA) is 70.4 Å². The van der Waals surface area contributed by atoms with Gasteiger partial charge in [0, 0.05) is 34.8 Å². The molecule has 3 aromatic rings. The Bertz CT molecular complexity index is 1210. The van der Waals surface area contributed by atoms with Crippen LogP contribution in [0.15, 0.2) is 34.4 Å². The maximum atomic E-state index is 13.8. The van der Waals surface area contributed by atoms with Crippen LogP contribution in [-0.4, -0.2) is 29.6 Å². The van der Waals surface area contributed by atoms with E-state index in [1.54, 1.807) is 43.1 Å². The van der Waals surface area contributed by atoms with Gasteiger partial charge in [0.15, 0.2) is 5.78 Å². The fourth-order valence-corrected chi connectivity index (χ4v) is 4.78. The molecule has 0 amide bonds. The number of aromatic nitrogens is 2.